The monoisotopic (exact) mass is 441 g/mol. The first-order chi connectivity index (χ1) is 15.0. The van der Waals surface area contributed by atoms with Crippen molar-refractivity contribution in [3.8, 4) is 11.5 Å². The standard InChI is InChI=1S/C21H20ClN5O4/c1-13-3-6-15(7-4-13)25-19(28)12-31-17-8-5-14(9-18(17)30-2)10-23-26-16-11-24-27-21(29)20(16)22/h3-11H,12H2,1-2H3,(H,25,28)(H2,26,27,29)/b23-10+. The fraction of sp³-hybridized carbons (Fsp3) is 0.143. The lowest BCUT2D eigenvalue weighted by atomic mass is 10.2. The molecule has 9 nitrogen and oxygen atoms in total. The molecule has 10 heteroatoms. The van der Waals surface area contributed by atoms with Gasteiger partial charge in [0.15, 0.2) is 18.1 Å². The molecule has 160 valence electrons. The molecular weight excluding hydrogens is 422 g/mol. The van der Waals surface area contributed by atoms with E-state index in [4.69, 9.17) is 21.1 Å². The van der Waals surface area contributed by atoms with Crippen LogP contribution in [-0.2, 0) is 4.79 Å². The Balaban J connectivity index is 1.60. The van der Waals surface area contributed by atoms with Gasteiger partial charge in [0.1, 0.15) is 10.7 Å². The van der Waals surface area contributed by atoms with Gasteiger partial charge in [-0.05, 0) is 42.8 Å². The van der Waals surface area contributed by atoms with Crippen molar-refractivity contribution < 1.29 is 14.3 Å². The second-order valence-corrected chi connectivity index (χ2v) is 6.79. The number of ether oxygens (including phenoxy) is 2. The van der Waals surface area contributed by atoms with Crippen molar-refractivity contribution in [1.29, 1.82) is 0 Å². The molecule has 0 unspecified atom stereocenters. The number of methoxy groups -OCH3 is 1. The third-order valence-electron chi connectivity index (χ3n) is 4.08. The van der Waals surface area contributed by atoms with E-state index in [0.29, 0.717) is 22.7 Å². The highest BCUT2D eigenvalue weighted by Crippen LogP contribution is 2.27. The molecule has 3 aromatic rings. The van der Waals surface area contributed by atoms with Crippen LogP contribution < -0.4 is 25.8 Å². The van der Waals surface area contributed by atoms with Gasteiger partial charge in [-0.25, -0.2) is 5.10 Å². The second-order valence-electron chi connectivity index (χ2n) is 6.41. The molecule has 1 amide bonds. The summed E-state index contributed by atoms with van der Waals surface area (Å²) in [6.07, 6.45) is 2.86. The number of nitrogens with zero attached hydrogens (tertiary/aromatic N) is 2. The van der Waals surface area contributed by atoms with Gasteiger partial charge in [0.2, 0.25) is 0 Å². The Kier molecular flexibility index (Phi) is 7.23. The molecule has 2 aromatic carbocycles. The van der Waals surface area contributed by atoms with Crippen LogP contribution in [0.2, 0.25) is 5.02 Å². The van der Waals surface area contributed by atoms with Crippen LogP contribution >= 0.6 is 11.6 Å². The van der Waals surface area contributed by atoms with Gasteiger partial charge < -0.3 is 14.8 Å². The fourth-order valence-electron chi connectivity index (χ4n) is 2.50. The second kappa shape index (κ2) is 10.3. The average molecular weight is 442 g/mol. The Morgan fingerprint density at radius 3 is 2.74 bits per heavy atom. The normalized spacial score (nSPS) is 10.7. The smallest absolute Gasteiger partial charge is 0.285 e. The topological polar surface area (TPSA) is 118 Å². The number of nitrogens with one attached hydrogen (secondary N) is 3. The molecule has 0 bridgehead atoms. The molecule has 3 N–H and O–H groups in total. The molecule has 0 atom stereocenters. The van der Waals surface area contributed by atoms with Gasteiger partial charge in [0.25, 0.3) is 11.5 Å². The van der Waals surface area contributed by atoms with Gasteiger partial charge in [-0.1, -0.05) is 29.3 Å². The number of anilines is 2. The molecular formula is C21H20ClN5O4. The van der Waals surface area contributed by atoms with Crippen LogP contribution in [0.15, 0.2) is 58.6 Å². The maximum atomic E-state index is 12.1. The SMILES string of the molecule is COc1cc(/C=N/Nc2cn[nH]c(=O)c2Cl)ccc1OCC(=O)Nc1ccc(C)cc1. The summed E-state index contributed by atoms with van der Waals surface area (Å²) in [5, 5.41) is 12.6. The van der Waals surface area contributed by atoms with E-state index in [9.17, 15) is 9.59 Å². The van der Waals surface area contributed by atoms with Gasteiger partial charge in [-0.3, -0.25) is 15.0 Å². The van der Waals surface area contributed by atoms with Crippen molar-refractivity contribution in [2.45, 2.75) is 6.92 Å². The fourth-order valence-corrected chi connectivity index (χ4v) is 2.63. The Morgan fingerprint density at radius 1 is 1.23 bits per heavy atom. The molecule has 1 aromatic heterocycles. The third-order valence-corrected chi connectivity index (χ3v) is 4.45. The zero-order valence-electron chi connectivity index (χ0n) is 16.8. The Labute approximate surface area is 183 Å². The number of H-pyrrole nitrogens is 1. The number of amides is 1. The minimum Gasteiger partial charge on any atom is -0.493 e. The van der Waals surface area contributed by atoms with Crippen molar-refractivity contribution in [2.75, 3.05) is 24.5 Å². The number of hydrogen-bond donors (Lipinski definition) is 3. The molecule has 1 heterocycles. The average Bonchev–Trinajstić information content (AvgIpc) is 2.77. The Morgan fingerprint density at radius 2 is 2.00 bits per heavy atom. The number of halogens is 1. The first-order valence-electron chi connectivity index (χ1n) is 9.16. The number of hydrogen-bond acceptors (Lipinski definition) is 7. The maximum Gasteiger partial charge on any atom is 0.285 e. The van der Waals surface area contributed by atoms with E-state index in [1.165, 1.54) is 19.5 Å². The highest BCUT2D eigenvalue weighted by Gasteiger charge is 2.09. The predicted octanol–water partition coefficient (Wildman–Crippen LogP) is 3.20. The summed E-state index contributed by atoms with van der Waals surface area (Å²) in [6, 6.07) is 12.6. The molecule has 31 heavy (non-hydrogen) atoms. The molecule has 0 fully saturated rings. The van der Waals surface area contributed by atoms with E-state index >= 15 is 0 Å². The number of carbonyl (C=O) groups excluding carboxylic acids is 1. The van der Waals surface area contributed by atoms with Crippen molar-refractivity contribution in [3.63, 3.8) is 0 Å². The van der Waals surface area contributed by atoms with Gasteiger partial charge in [-0.2, -0.15) is 10.2 Å². The third kappa shape index (κ3) is 6.06. The summed E-state index contributed by atoms with van der Waals surface area (Å²) in [5.41, 5.74) is 4.90. The number of benzene rings is 2. The molecule has 0 aliphatic heterocycles. The molecule has 0 aliphatic carbocycles. The lowest BCUT2D eigenvalue weighted by molar-refractivity contribution is -0.118. The molecule has 0 saturated heterocycles. The Bertz CT molecular complexity index is 1150. The first-order valence-corrected chi connectivity index (χ1v) is 9.53. The van der Waals surface area contributed by atoms with Crippen molar-refractivity contribution in [1.82, 2.24) is 10.2 Å². The number of aryl methyl sites for hydroxylation is 1. The van der Waals surface area contributed by atoms with Gasteiger partial charge in [-0.15, -0.1) is 0 Å². The maximum absolute atomic E-state index is 12.1. The van der Waals surface area contributed by atoms with Crippen LogP contribution in [0.5, 0.6) is 11.5 Å². The molecule has 0 spiro atoms. The van der Waals surface area contributed by atoms with E-state index in [2.05, 4.69) is 26.0 Å². The molecule has 0 saturated carbocycles. The summed E-state index contributed by atoms with van der Waals surface area (Å²) in [5.74, 6) is 0.556. The van der Waals surface area contributed by atoms with Crippen LogP contribution in [0.1, 0.15) is 11.1 Å². The van der Waals surface area contributed by atoms with Crippen LogP contribution in [0, 0.1) is 6.92 Å². The Hall–Kier alpha value is -3.85. The molecule has 3 rings (SSSR count). The summed E-state index contributed by atoms with van der Waals surface area (Å²) >= 11 is 5.87. The van der Waals surface area contributed by atoms with Crippen LogP contribution in [0.25, 0.3) is 0 Å². The van der Waals surface area contributed by atoms with E-state index in [-0.39, 0.29) is 23.2 Å². The van der Waals surface area contributed by atoms with Gasteiger partial charge >= 0.3 is 0 Å². The number of aromatic amines is 1. The highest BCUT2D eigenvalue weighted by molar-refractivity contribution is 6.32. The van der Waals surface area contributed by atoms with E-state index in [1.54, 1.807) is 18.2 Å². The molecule has 0 aliphatic rings. The van der Waals surface area contributed by atoms with Crippen molar-refractivity contribution in [2.24, 2.45) is 5.10 Å². The summed E-state index contributed by atoms with van der Waals surface area (Å²) in [6.45, 7) is 1.80. The highest BCUT2D eigenvalue weighted by atomic mass is 35.5. The number of aromatic nitrogens is 2. The van der Waals surface area contributed by atoms with E-state index in [1.807, 2.05) is 31.2 Å². The largest absolute Gasteiger partial charge is 0.493 e. The van der Waals surface area contributed by atoms with Crippen LogP contribution in [0.3, 0.4) is 0 Å². The summed E-state index contributed by atoms with van der Waals surface area (Å²) < 4.78 is 10.9. The summed E-state index contributed by atoms with van der Waals surface area (Å²) in [7, 11) is 1.50. The van der Waals surface area contributed by atoms with Crippen molar-refractivity contribution >= 4 is 35.1 Å². The van der Waals surface area contributed by atoms with E-state index in [0.717, 1.165) is 5.56 Å². The van der Waals surface area contributed by atoms with Crippen molar-refractivity contribution in [3.05, 3.63) is 75.2 Å². The van der Waals surface area contributed by atoms with Gasteiger partial charge in [0, 0.05) is 5.69 Å². The number of carbonyl (C=O) groups is 1. The number of hydrazone groups is 1. The lowest BCUT2D eigenvalue weighted by Crippen LogP contribution is -2.20. The zero-order chi connectivity index (χ0) is 22.2. The van der Waals surface area contributed by atoms with E-state index < -0.39 is 5.56 Å². The van der Waals surface area contributed by atoms with Crippen LogP contribution in [-0.4, -0.2) is 36.0 Å². The summed E-state index contributed by atoms with van der Waals surface area (Å²) in [4.78, 5) is 23.5. The van der Waals surface area contributed by atoms with Crippen LogP contribution in [0.4, 0.5) is 11.4 Å². The first kappa shape index (κ1) is 21.8. The molecule has 0 radical (unpaired) electrons. The predicted molar refractivity (Wildman–Crippen MR) is 119 cm³/mol. The minimum atomic E-state index is -0.517. The lowest BCUT2D eigenvalue weighted by Gasteiger charge is -2.11. The van der Waals surface area contributed by atoms with Gasteiger partial charge in [0.05, 0.1) is 19.5 Å². The number of rotatable bonds is 8. The zero-order valence-corrected chi connectivity index (χ0v) is 17.6. The minimum absolute atomic E-state index is 0.0441. The quantitative estimate of drug-likeness (QED) is 0.365.